The van der Waals surface area contributed by atoms with Gasteiger partial charge in [0.15, 0.2) is 11.5 Å². The van der Waals surface area contributed by atoms with Gasteiger partial charge in [-0.05, 0) is 19.3 Å². The van der Waals surface area contributed by atoms with Crippen molar-refractivity contribution in [1.29, 1.82) is 0 Å². The Balaban J connectivity index is 2.33. The molecule has 0 unspecified atom stereocenters. The van der Waals surface area contributed by atoms with E-state index in [4.69, 9.17) is 9.47 Å². The average Bonchev–Trinajstić information content (AvgIpc) is 2.71. The summed E-state index contributed by atoms with van der Waals surface area (Å²) in [6, 6.07) is 1.04. The first kappa shape index (κ1) is 17.5. The van der Waals surface area contributed by atoms with E-state index in [0.29, 0.717) is 19.4 Å². The number of hydrogen-bond donors (Lipinski definition) is 2. The topological polar surface area (TPSA) is 93.7 Å². The van der Waals surface area contributed by atoms with E-state index < -0.39 is 32.7 Å². The van der Waals surface area contributed by atoms with Gasteiger partial charge in [-0.1, -0.05) is 0 Å². The molecule has 0 saturated carbocycles. The van der Waals surface area contributed by atoms with E-state index >= 15 is 0 Å². The van der Waals surface area contributed by atoms with Gasteiger partial charge >= 0.3 is 0 Å². The number of carbonyl (C=O) groups is 1. The van der Waals surface area contributed by atoms with Gasteiger partial charge in [0.2, 0.25) is 15.9 Å². The Labute approximate surface area is 134 Å². The van der Waals surface area contributed by atoms with Crippen molar-refractivity contribution in [3.8, 4) is 11.5 Å². The molecular weight excluding hydrogens is 327 g/mol. The van der Waals surface area contributed by atoms with Crippen LogP contribution in [-0.4, -0.2) is 41.1 Å². The third-order valence-corrected chi connectivity index (χ3v) is 5.05. The predicted octanol–water partition coefficient (Wildman–Crippen LogP) is 0.790. The Bertz CT molecular complexity index is 693. The largest absolute Gasteiger partial charge is 0.493 e. The van der Waals surface area contributed by atoms with E-state index in [2.05, 4.69) is 10.0 Å². The number of benzene rings is 1. The molecule has 9 heteroatoms. The Morgan fingerprint density at radius 1 is 1.22 bits per heavy atom. The Kier molecular flexibility index (Phi) is 5.42. The Morgan fingerprint density at radius 3 is 2.52 bits per heavy atom. The summed E-state index contributed by atoms with van der Waals surface area (Å²) in [6.07, 6.45) is 1.83. The molecule has 1 heterocycles. The number of methoxy groups -OCH3 is 2. The van der Waals surface area contributed by atoms with Crippen LogP contribution in [0.1, 0.15) is 19.3 Å². The molecule has 7 nitrogen and oxygen atoms in total. The molecule has 0 radical (unpaired) electrons. The Hall–Kier alpha value is -1.87. The van der Waals surface area contributed by atoms with E-state index in [9.17, 15) is 17.6 Å². The van der Waals surface area contributed by atoms with Crippen LogP contribution in [0.3, 0.4) is 0 Å². The standard InChI is InChI=1S/C14H19FN2O5S/c1-21-11-7-9(15)13(8-12(11)22-2)23(19,20)17-10-5-3-4-6-16-14(10)18/h7-8,10,17H,3-6H2,1-2H3,(H,16,18)/t10-/m0/s1. The minimum Gasteiger partial charge on any atom is -0.493 e. The van der Waals surface area contributed by atoms with Gasteiger partial charge in [-0.25, -0.2) is 12.8 Å². The number of ether oxygens (including phenoxy) is 2. The summed E-state index contributed by atoms with van der Waals surface area (Å²) in [4.78, 5) is 11.3. The van der Waals surface area contributed by atoms with E-state index in [1.165, 1.54) is 14.2 Å². The van der Waals surface area contributed by atoms with Crippen LogP contribution in [0.15, 0.2) is 17.0 Å². The normalized spacial score (nSPS) is 18.9. The zero-order valence-corrected chi connectivity index (χ0v) is 13.7. The third-order valence-electron chi connectivity index (χ3n) is 3.56. The zero-order valence-electron chi connectivity index (χ0n) is 12.9. The SMILES string of the molecule is COc1cc(F)c(S(=O)(=O)N[C@H]2CCCCNC2=O)cc1OC. The number of sulfonamides is 1. The van der Waals surface area contributed by atoms with Crippen molar-refractivity contribution >= 4 is 15.9 Å². The van der Waals surface area contributed by atoms with Crippen LogP contribution < -0.4 is 19.5 Å². The second-order valence-electron chi connectivity index (χ2n) is 5.10. The van der Waals surface area contributed by atoms with Gasteiger partial charge in [0, 0.05) is 18.7 Å². The number of rotatable bonds is 5. The molecule has 1 aliphatic heterocycles. The summed E-state index contributed by atoms with van der Waals surface area (Å²) in [6.45, 7) is 0.502. The van der Waals surface area contributed by atoms with Crippen LogP contribution in [0.4, 0.5) is 4.39 Å². The molecule has 1 saturated heterocycles. The molecule has 1 fully saturated rings. The zero-order chi connectivity index (χ0) is 17.0. The monoisotopic (exact) mass is 346 g/mol. The third kappa shape index (κ3) is 3.91. The minimum absolute atomic E-state index is 0.0798. The summed E-state index contributed by atoms with van der Waals surface area (Å²) in [7, 11) is -1.58. The van der Waals surface area contributed by atoms with Crippen LogP contribution in [0, 0.1) is 5.82 Å². The highest BCUT2D eigenvalue weighted by atomic mass is 32.2. The van der Waals surface area contributed by atoms with Crippen molar-refractivity contribution in [2.24, 2.45) is 0 Å². The van der Waals surface area contributed by atoms with Gasteiger partial charge in [-0.3, -0.25) is 4.79 Å². The molecular formula is C14H19FN2O5S. The second kappa shape index (κ2) is 7.14. The second-order valence-corrected chi connectivity index (χ2v) is 6.78. The smallest absolute Gasteiger partial charge is 0.244 e. The van der Waals surface area contributed by atoms with Gasteiger partial charge in [-0.15, -0.1) is 0 Å². The molecule has 1 aromatic rings. The number of carbonyl (C=O) groups excluding carboxylic acids is 1. The lowest BCUT2D eigenvalue weighted by Crippen LogP contribution is -2.45. The lowest BCUT2D eigenvalue weighted by molar-refractivity contribution is -0.122. The maximum absolute atomic E-state index is 14.1. The van der Waals surface area contributed by atoms with Crippen LogP contribution in [0.2, 0.25) is 0 Å². The fraction of sp³-hybridized carbons (Fsp3) is 0.500. The summed E-state index contributed by atoms with van der Waals surface area (Å²) in [5, 5.41) is 2.62. The average molecular weight is 346 g/mol. The molecule has 1 aromatic carbocycles. The lowest BCUT2D eigenvalue weighted by atomic mass is 10.1. The molecule has 0 aliphatic carbocycles. The van der Waals surface area contributed by atoms with Crippen LogP contribution in [-0.2, 0) is 14.8 Å². The highest BCUT2D eigenvalue weighted by molar-refractivity contribution is 7.89. The first-order valence-electron chi connectivity index (χ1n) is 7.10. The summed E-state index contributed by atoms with van der Waals surface area (Å²) in [5.41, 5.74) is 0. The quantitative estimate of drug-likeness (QED) is 0.822. The maximum atomic E-state index is 14.1. The first-order valence-corrected chi connectivity index (χ1v) is 8.59. The molecule has 1 atom stereocenters. The molecule has 0 aromatic heterocycles. The van der Waals surface area contributed by atoms with Crippen LogP contribution in [0.5, 0.6) is 11.5 Å². The number of nitrogens with one attached hydrogen (secondary N) is 2. The van der Waals surface area contributed by atoms with Gasteiger partial charge in [0.1, 0.15) is 16.8 Å². The first-order chi connectivity index (χ1) is 10.9. The summed E-state index contributed by atoms with van der Waals surface area (Å²) in [5.74, 6) is -1.23. The number of amides is 1. The lowest BCUT2D eigenvalue weighted by Gasteiger charge is -2.17. The van der Waals surface area contributed by atoms with E-state index in [0.717, 1.165) is 18.6 Å². The van der Waals surface area contributed by atoms with Crippen molar-refractivity contribution < 1.29 is 27.1 Å². The fourth-order valence-corrected chi connectivity index (χ4v) is 3.65. The van der Waals surface area contributed by atoms with E-state index in [1.54, 1.807) is 0 Å². The van der Waals surface area contributed by atoms with Crippen molar-refractivity contribution in [1.82, 2.24) is 10.0 Å². The van der Waals surface area contributed by atoms with Gasteiger partial charge in [-0.2, -0.15) is 4.72 Å². The van der Waals surface area contributed by atoms with Gasteiger partial charge in [0.05, 0.1) is 14.2 Å². The molecule has 1 amide bonds. The maximum Gasteiger partial charge on any atom is 0.244 e. The highest BCUT2D eigenvalue weighted by Crippen LogP contribution is 2.32. The van der Waals surface area contributed by atoms with Gasteiger partial charge in [0.25, 0.3) is 0 Å². The predicted molar refractivity (Wildman–Crippen MR) is 80.5 cm³/mol. The van der Waals surface area contributed by atoms with E-state index in [-0.39, 0.29) is 11.5 Å². The van der Waals surface area contributed by atoms with Gasteiger partial charge < -0.3 is 14.8 Å². The minimum atomic E-state index is -4.22. The molecule has 0 bridgehead atoms. The molecule has 23 heavy (non-hydrogen) atoms. The van der Waals surface area contributed by atoms with Crippen molar-refractivity contribution in [2.45, 2.75) is 30.2 Å². The van der Waals surface area contributed by atoms with Crippen molar-refractivity contribution in [2.75, 3.05) is 20.8 Å². The number of halogens is 1. The van der Waals surface area contributed by atoms with Crippen LogP contribution in [0.25, 0.3) is 0 Å². The molecule has 2 N–H and O–H groups in total. The highest BCUT2D eigenvalue weighted by Gasteiger charge is 2.29. The summed E-state index contributed by atoms with van der Waals surface area (Å²) >= 11 is 0. The van der Waals surface area contributed by atoms with Crippen molar-refractivity contribution in [3.05, 3.63) is 17.9 Å². The summed E-state index contributed by atoms with van der Waals surface area (Å²) < 4.78 is 51.1. The van der Waals surface area contributed by atoms with Crippen LogP contribution >= 0.6 is 0 Å². The van der Waals surface area contributed by atoms with E-state index in [1.807, 2.05) is 0 Å². The molecule has 2 rings (SSSR count). The fourth-order valence-electron chi connectivity index (χ4n) is 2.34. The molecule has 128 valence electrons. The Morgan fingerprint density at radius 2 is 1.87 bits per heavy atom. The molecule has 1 aliphatic rings. The molecule has 0 spiro atoms. The number of hydrogen-bond acceptors (Lipinski definition) is 5. The van der Waals surface area contributed by atoms with Crippen molar-refractivity contribution in [3.63, 3.8) is 0 Å².